The van der Waals surface area contributed by atoms with E-state index in [1.54, 1.807) is 42.5 Å². The van der Waals surface area contributed by atoms with E-state index >= 15 is 0 Å². The molecule has 0 bridgehead atoms. The zero-order chi connectivity index (χ0) is 13.0. The van der Waals surface area contributed by atoms with Crippen molar-refractivity contribution in [1.29, 1.82) is 5.26 Å². The van der Waals surface area contributed by atoms with Crippen molar-refractivity contribution in [3.63, 3.8) is 0 Å². The van der Waals surface area contributed by atoms with Gasteiger partial charge >= 0.3 is 0 Å². The standard InChI is InChI=1S/C14H10BNO2/c15-14-6-5-13(7-11(14)9-17)18-12-3-1-10(8-16)2-4-12/h1-7,17H,9H2. The zero-order valence-electron chi connectivity index (χ0n) is 9.63. The Morgan fingerprint density at radius 3 is 2.39 bits per heavy atom. The highest BCUT2D eigenvalue weighted by atomic mass is 16.5. The number of hydrogen-bond acceptors (Lipinski definition) is 3. The minimum Gasteiger partial charge on any atom is -0.457 e. The normalized spacial score (nSPS) is 9.78. The number of benzene rings is 2. The third-order valence-electron chi connectivity index (χ3n) is 2.50. The number of nitriles is 1. The van der Waals surface area contributed by atoms with Crippen molar-refractivity contribution in [2.24, 2.45) is 0 Å². The molecule has 18 heavy (non-hydrogen) atoms. The maximum absolute atomic E-state index is 9.11. The van der Waals surface area contributed by atoms with Crippen molar-refractivity contribution in [2.75, 3.05) is 0 Å². The molecule has 0 aliphatic rings. The highest BCUT2D eigenvalue weighted by molar-refractivity contribution is 6.33. The molecule has 2 aromatic rings. The van der Waals surface area contributed by atoms with Crippen molar-refractivity contribution >= 4 is 13.3 Å². The minimum atomic E-state index is -0.129. The largest absolute Gasteiger partial charge is 0.457 e. The van der Waals surface area contributed by atoms with Gasteiger partial charge in [-0.2, -0.15) is 5.26 Å². The van der Waals surface area contributed by atoms with Gasteiger partial charge in [0.2, 0.25) is 0 Å². The van der Waals surface area contributed by atoms with E-state index in [1.165, 1.54) is 0 Å². The van der Waals surface area contributed by atoms with Crippen LogP contribution in [-0.2, 0) is 6.61 Å². The fourth-order valence-electron chi connectivity index (χ4n) is 1.52. The smallest absolute Gasteiger partial charge is 0.127 e. The predicted molar refractivity (Wildman–Crippen MR) is 69.0 cm³/mol. The quantitative estimate of drug-likeness (QED) is 0.822. The lowest BCUT2D eigenvalue weighted by molar-refractivity contribution is 0.282. The number of hydrogen-bond donors (Lipinski definition) is 1. The summed E-state index contributed by atoms with van der Waals surface area (Å²) in [4.78, 5) is 0. The summed E-state index contributed by atoms with van der Waals surface area (Å²) in [5.74, 6) is 1.22. The van der Waals surface area contributed by atoms with Crippen LogP contribution >= 0.6 is 0 Å². The molecule has 2 radical (unpaired) electrons. The topological polar surface area (TPSA) is 53.2 Å². The molecule has 4 heteroatoms. The maximum atomic E-state index is 9.11. The number of rotatable bonds is 3. The van der Waals surface area contributed by atoms with Crippen LogP contribution in [0, 0.1) is 11.3 Å². The number of aliphatic hydroxyl groups is 1. The van der Waals surface area contributed by atoms with Crippen LogP contribution in [-0.4, -0.2) is 13.0 Å². The summed E-state index contributed by atoms with van der Waals surface area (Å²) in [6, 6.07) is 13.9. The number of ether oxygens (including phenoxy) is 1. The highest BCUT2D eigenvalue weighted by Gasteiger charge is 2.01. The molecular weight excluding hydrogens is 225 g/mol. The van der Waals surface area contributed by atoms with E-state index in [2.05, 4.69) is 0 Å². The molecule has 0 aliphatic heterocycles. The summed E-state index contributed by atoms with van der Waals surface area (Å²) in [6.07, 6.45) is 0. The van der Waals surface area contributed by atoms with Gasteiger partial charge in [0.25, 0.3) is 0 Å². The van der Waals surface area contributed by atoms with Crippen molar-refractivity contribution in [3.05, 3.63) is 53.6 Å². The van der Waals surface area contributed by atoms with Crippen LogP contribution in [0.5, 0.6) is 11.5 Å². The van der Waals surface area contributed by atoms with Gasteiger partial charge in [0.05, 0.1) is 18.2 Å². The van der Waals surface area contributed by atoms with E-state index in [0.29, 0.717) is 28.1 Å². The Balaban J connectivity index is 2.20. The molecule has 0 amide bonds. The van der Waals surface area contributed by atoms with Gasteiger partial charge in [-0.1, -0.05) is 11.5 Å². The first-order chi connectivity index (χ1) is 8.72. The SMILES string of the molecule is [B]c1ccc(Oc2ccc(C#N)cc2)cc1CO. The molecule has 86 valence electrons. The third kappa shape index (κ3) is 2.71. The van der Waals surface area contributed by atoms with Crippen molar-refractivity contribution in [1.82, 2.24) is 0 Å². The minimum absolute atomic E-state index is 0.129. The molecule has 3 nitrogen and oxygen atoms in total. The molecule has 0 atom stereocenters. The Bertz CT molecular complexity index is 588. The van der Waals surface area contributed by atoms with E-state index in [9.17, 15) is 0 Å². The van der Waals surface area contributed by atoms with Gasteiger partial charge in [-0.25, -0.2) is 0 Å². The van der Waals surface area contributed by atoms with Crippen LogP contribution in [0.4, 0.5) is 0 Å². The van der Waals surface area contributed by atoms with Crippen LogP contribution in [0.1, 0.15) is 11.1 Å². The molecule has 0 aromatic heterocycles. The van der Waals surface area contributed by atoms with Gasteiger partial charge < -0.3 is 9.84 Å². The Labute approximate surface area is 107 Å². The van der Waals surface area contributed by atoms with Crippen LogP contribution in [0.3, 0.4) is 0 Å². The van der Waals surface area contributed by atoms with Crippen molar-refractivity contribution in [3.8, 4) is 17.6 Å². The number of nitrogens with zero attached hydrogens (tertiary/aromatic N) is 1. The van der Waals surface area contributed by atoms with Gasteiger partial charge in [-0.3, -0.25) is 0 Å². The monoisotopic (exact) mass is 235 g/mol. The summed E-state index contributed by atoms with van der Waals surface area (Å²) in [5.41, 5.74) is 1.74. The van der Waals surface area contributed by atoms with E-state index in [1.807, 2.05) is 6.07 Å². The Morgan fingerprint density at radius 2 is 1.78 bits per heavy atom. The van der Waals surface area contributed by atoms with Crippen LogP contribution in [0.25, 0.3) is 0 Å². The first kappa shape index (κ1) is 12.2. The fraction of sp³-hybridized carbons (Fsp3) is 0.0714. The van der Waals surface area contributed by atoms with E-state index < -0.39 is 0 Å². The van der Waals surface area contributed by atoms with Gasteiger partial charge in [-0.05, 0) is 42.0 Å². The van der Waals surface area contributed by atoms with E-state index in [-0.39, 0.29) is 6.61 Å². The van der Waals surface area contributed by atoms with Gasteiger partial charge in [0.15, 0.2) is 0 Å². The third-order valence-corrected chi connectivity index (χ3v) is 2.50. The maximum Gasteiger partial charge on any atom is 0.127 e. The first-order valence-corrected chi connectivity index (χ1v) is 5.40. The van der Waals surface area contributed by atoms with Crippen LogP contribution in [0.15, 0.2) is 42.5 Å². The van der Waals surface area contributed by atoms with Crippen LogP contribution < -0.4 is 10.2 Å². The van der Waals surface area contributed by atoms with Crippen LogP contribution in [0.2, 0.25) is 0 Å². The lowest BCUT2D eigenvalue weighted by Crippen LogP contribution is -2.09. The second kappa shape index (κ2) is 5.39. The lowest BCUT2D eigenvalue weighted by Gasteiger charge is -2.09. The second-order valence-electron chi connectivity index (χ2n) is 3.76. The zero-order valence-corrected chi connectivity index (χ0v) is 9.63. The Kier molecular flexibility index (Phi) is 3.66. The van der Waals surface area contributed by atoms with Crippen molar-refractivity contribution in [2.45, 2.75) is 6.61 Å². The summed E-state index contributed by atoms with van der Waals surface area (Å²) in [7, 11) is 5.68. The van der Waals surface area contributed by atoms with E-state index in [0.717, 1.165) is 0 Å². The molecule has 2 rings (SSSR count). The molecule has 0 fully saturated rings. The van der Waals surface area contributed by atoms with Gasteiger partial charge in [0.1, 0.15) is 19.3 Å². The molecule has 2 aromatic carbocycles. The second-order valence-corrected chi connectivity index (χ2v) is 3.76. The average Bonchev–Trinajstić information content (AvgIpc) is 2.42. The molecule has 0 aliphatic carbocycles. The molecule has 0 saturated heterocycles. The number of aliphatic hydroxyl groups excluding tert-OH is 1. The average molecular weight is 235 g/mol. The molecular formula is C14H10BNO2. The van der Waals surface area contributed by atoms with E-state index in [4.69, 9.17) is 23.0 Å². The molecule has 0 saturated carbocycles. The Hall–Kier alpha value is -2.25. The molecule has 0 heterocycles. The lowest BCUT2D eigenvalue weighted by atomic mass is 9.91. The van der Waals surface area contributed by atoms with Gasteiger partial charge in [0, 0.05) is 0 Å². The Morgan fingerprint density at radius 1 is 1.11 bits per heavy atom. The molecule has 0 spiro atoms. The molecule has 1 N–H and O–H groups in total. The van der Waals surface area contributed by atoms with Gasteiger partial charge in [-0.15, -0.1) is 0 Å². The summed E-state index contributed by atoms with van der Waals surface area (Å²) < 4.78 is 5.60. The first-order valence-electron chi connectivity index (χ1n) is 5.40. The summed E-state index contributed by atoms with van der Waals surface area (Å²) in [6.45, 7) is -0.129. The highest BCUT2D eigenvalue weighted by Crippen LogP contribution is 2.21. The molecule has 0 unspecified atom stereocenters. The summed E-state index contributed by atoms with van der Waals surface area (Å²) in [5, 5.41) is 17.8. The summed E-state index contributed by atoms with van der Waals surface area (Å²) >= 11 is 0. The predicted octanol–water partition coefficient (Wildman–Crippen LogP) is 1.64. The van der Waals surface area contributed by atoms with Crippen molar-refractivity contribution < 1.29 is 9.84 Å². The fourth-order valence-corrected chi connectivity index (χ4v) is 1.52.